The van der Waals surface area contributed by atoms with Crippen LogP contribution in [0.1, 0.15) is 47.0 Å². The fourth-order valence-corrected chi connectivity index (χ4v) is 1.52. The summed E-state index contributed by atoms with van der Waals surface area (Å²) in [5.41, 5.74) is 0. The molecule has 0 saturated carbocycles. The fourth-order valence-electron chi connectivity index (χ4n) is 1.52. The summed E-state index contributed by atoms with van der Waals surface area (Å²) in [5.74, 6) is -0.634. The molecule has 0 aliphatic heterocycles. The molecule has 1 unspecified atom stereocenters. The minimum atomic E-state index is -4.01. The highest BCUT2D eigenvalue weighted by molar-refractivity contribution is 4.70. The number of halogens is 3. The van der Waals surface area contributed by atoms with Crippen molar-refractivity contribution < 1.29 is 13.2 Å². The van der Waals surface area contributed by atoms with E-state index in [2.05, 4.69) is 0 Å². The molecule has 0 spiro atoms. The molecule has 0 aromatic rings. The molecule has 0 N–H and O–H groups in total. The smallest absolute Gasteiger partial charge is 0.171 e. The molecule has 3 heteroatoms. The molecule has 0 bridgehead atoms. The third-order valence-electron chi connectivity index (χ3n) is 2.31. The van der Waals surface area contributed by atoms with Gasteiger partial charge in [-0.3, -0.25) is 0 Å². The van der Waals surface area contributed by atoms with Gasteiger partial charge in [0.2, 0.25) is 0 Å². The Kier molecular flexibility index (Phi) is 5.53. The van der Waals surface area contributed by atoms with Crippen molar-refractivity contribution in [3.05, 3.63) is 0 Å². The van der Waals surface area contributed by atoms with E-state index in [1.54, 1.807) is 0 Å². The SMILES string of the molecule is CC(C)CCC(CC(C)C)C(F)(F)F. The molecule has 0 radical (unpaired) electrons. The molecular formula is C11H21F3. The average molecular weight is 210 g/mol. The van der Waals surface area contributed by atoms with Crippen LogP contribution in [0.25, 0.3) is 0 Å². The molecule has 0 rings (SSSR count). The van der Waals surface area contributed by atoms with Gasteiger partial charge in [0.25, 0.3) is 0 Å². The van der Waals surface area contributed by atoms with Crippen molar-refractivity contribution in [3.8, 4) is 0 Å². The second-order valence-corrected chi connectivity index (χ2v) is 4.84. The molecule has 0 amide bonds. The van der Waals surface area contributed by atoms with Crippen LogP contribution in [0.4, 0.5) is 13.2 Å². The molecule has 0 fully saturated rings. The topological polar surface area (TPSA) is 0 Å². The first-order chi connectivity index (χ1) is 6.23. The van der Waals surface area contributed by atoms with Crippen molar-refractivity contribution in [2.45, 2.75) is 53.1 Å². The quantitative estimate of drug-likeness (QED) is 0.619. The number of alkyl halides is 3. The Morgan fingerprint density at radius 2 is 1.36 bits per heavy atom. The third kappa shape index (κ3) is 6.28. The van der Waals surface area contributed by atoms with Crippen molar-refractivity contribution in [3.63, 3.8) is 0 Å². The Labute approximate surface area is 84.9 Å². The first-order valence-electron chi connectivity index (χ1n) is 5.30. The Morgan fingerprint density at radius 3 is 1.64 bits per heavy atom. The molecule has 0 aliphatic carbocycles. The van der Waals surface area contributed by atoms with E-state index in [1.165, 1.54) is 0 Å². The highest BCUT2D eigenvalue weighted by Gasteiger charge is 2.38. The van der Waals surface area contributed by atoms with E-state index in [0.717, 1.165) is 0 Å². The van der Waals surface area contributed by atoms with Crippen molar-refractivity contribution in [2.75, 3.05) is 0 Å². The van der Waals surface area contributed by atoms with Gasteiger partial charge in [-0.15, -0.1) is 0 Å². The van der Waals surface area contributed by atoms with E-state index in [0.29, 0.717) is 12.3 Å². The summed E-state index contributed by atoms with van der Waals surface area (Å²) in [6.07, 6.45) is -2.81. The van der Waals surface area contributed by atoms with Crippen LogP contribution in [0.5, 0.6) is 0 Å². The number of hydrogen-bond donors (Lipinski definition) is 0. The van der Waals surface area contributed by atoms with Gasteiger partial charge in [0.15, 0.2) is 0 Å². The van der Waals surface area contributed by atoms with Gasteiger partial charge in [0.1, 0.15) is 0 Å². The predicted molar refractivity (Wildman–Crippen MR) is 53.1 cm³/mol. The zero-order valence-corrected chi connectivity index (χ0v) is 9.49. The molecule has 86 valence electrons. The lowest BCUT2D eigenvalue weighted by atomic mass is 9.90. The van der Waals surface area contributed by atoms with Crippen molar-refractivity contribution in [2.24, 2.45) is 17.8 Å². The van der Waals surface area contributed by atoms with Crippen LogP contribution in [-0.4, -0.2) is 6.18 Å². The lowest BCUT2D eigenvalue weighted by Crippen LogP contribution is -2.24. The summed E-state index contributed by atoms with van der Waals surface area (Å²) in [7, 11) is 0. The Hall–Kier alpha value is -0.210. The minimum Gasteiger partial charge on any atom is -0.171 e. The van der Waals surface area contributed by atoms with Gasteiger partial charge in [0, 0.05) is 0 Å². The standard InChI is InChI=1S/C11H21F3/c1-8(2)5-6-10(7-9(3)4)11(12,13)14/h8-10H,5-7H2,1-4H3. The van der Waals surface area contributed by atoms with Crippen molar-refractivity contribution in [1.82, 2.24) is 0 Å². The van der Waals surface area contributed by atoms with Crippen LogP contribution >= 0.6 is 0 Å². The first kappa shape index (κ1) is 13.8. The maximum Gasteiger partial charge on any atom is 0.391 e. The summed E-state index contributed by atoms with van der Waals surface area (Å²) in [4.78, 5) is 0. The van der Waals surface area contributed by atoms with E-state index in [1.807, 2.05) is 27.7 Å². The largest absolute Gasteiger partial charge is 0.391 e. The zero-order valence-electron chi connectivity index (χ0n) is 9.49. The molecule has 0 heterocycles. The lowest BCUT2D eigenvalue weighted by Gasteiger charge is -2.22. The summed E-state index contributed by atoms with van der Waals surface area (Å²) < 4.78 is 37.6. The molecule has 0 saturated heterocycles. The van der Waals surface area contributed by atoms with E-state index < -0.39 is 12.1 Å². The summed E-state index contributed by atoms with van der Waals surface area (Å²) >= 11 is 0. The Balaban J connectivity index is 4.12. The Bertz CT molecular complexity index is 147. The maximum atomic E-state index is 12.5. The predicted octanol–water partition coefficient (Wildman–Crippen LogP) is 4.65. The summed E-state index contributed by atoms with van der Waals surface area (Å²) in [6, 6.07) is 0. The first-order valence-corrected chi connectivity index (χ1v) is 5.30. The third-order valence-corrected chi connectivity index (χ3v) is 2.31. The normalized spacial score (nSPS) is 15.2. The second kappa shape index (κ2) is 5.62. The average Bonchev–Trinajstić information content (AvgIpc) is 1.94. The van der Waals surface area contributed by atoms with Crippen LogP contribution in [0.2, 0.25) is 0 Å². The van der Waals surface area contributed by atoms with Gasteiger partial charge >= 0.3 is 6.18 Å². The summed E-state index contributed by atoms with van der Waals surface area (Å²) in [6.45, 7) is 7.61. The lowest BCUT2D eigenvalue weighted by molar-refractivity contribution is -0.181. The van der Waals surface area contributed by atoms with Crippen molar-refractivity contribution >= 4 is 0 Å². The minimum absolute atomic E-state index is 0.119. The van der Waals surface area contributed by atoms with Gasteiger partial charge in [-0.25, -0.2) is 0 Å². The van der Waals surface area contributed by atoms with E-state index in [9.17, 15) is 13.2 Å². The molecule has 0 aromatic carbocycles. The van der Waals surface area contributed by atoms with Crippen LogP contribution in [-0.2, 0) is 0 Å². The van der Waals surface area contributed by atoms with Crippen LogP contribution in [0.15, 0.2) is 0 Å². The van der Waals surface area contributed by atoms with Gasteiger partial charge in [-0.2, -0.15) is 13.2 Å². The van der Waals surface area contributed by atoms with Crippen molar-refractivity contribution in [1.29, 1.82) is 0 Å². The van der Waals surface area contributed by atoms with Crippen LogP contribution < -0.4 is 0 Å². The maximum absolute atomic E-state index is 12.5. The monoisotopic (exact) mass is 210 g/mol. The molecular weight excluding hydrogens is 189 g/mol. The van der Waals surface area contributed by atoms with Gasteiger partial charge < -0.3 is 0 Å². The fraction of sp³-hybridized carbons (Fsp3) is 1.00. The number of hydrogen-bond acceptors (Lipinski definition) is 0. The molecule has 0 nitrogen and oxygen atoms in total. The van der Waals surface area contributed by atoms with E-state index in [-0.39, 0.29) is 18.8 Å². The van der Waals surface area contributed by atoms with Crippen LogP contribution in [0.3, 0.4) is 0 Å². The van der Waals surface area contributed by atoms with Gasteiger partial charge in [-0.05, 0) is 24.7 Å². The molecule has 14 heavy (non-hydrogen) atoms. The molecule has 0 aliphatic rings. The van der Waals surface area contributed by atoms with Gasteiger partial charge in [-0.1, -0.05) is 34.1 Å². The van der Waals surface area contributed by atoms with Gasteiger partial charge in [0.05, 0.1) is 5.92 Å². The highest BCUT2D eigenvalue weighted by Crippen LogP contribution is 2.35. The second-order valence-electron chi connectivity index (χ2n) is 4.84. The van der Waals surface area contributed by atoms with E-state index >= 15 is 0 Å². The zero-order chi connectivity index (χ0) is 11.4. The number of rotatable bonds is 5. The van der Waals surface area contributed by atoms with Crippen LogP contribution in [0, 0.1) is 17.8 Å². The molecule has 1 atom stereocenters. The Morgan fingerprint density at radius 1 is 0.857 bits per heavy atom. The molecule has 0 aromatic heterocycles. The van der Waals surface area contributed by atoms with E-state index in [4.69, 9.17) is 0 Å². The highest BCUT2D eigenvalue weighted by atomic mass is 19.4. The summed E-state index contributed by atoms with van der Waals surface area (Å²) in [5, 5.41) is 0.